The van der Waals surface area contributed by atoms with Crippen LogP contribution in [0.2, 0.25) is 4.34 Å². The van der Waals surface area contributed by atoms with Gasteiger partial charge in [0.1, 0.15) is 9.34 Å². The number of hydrogen-bond donors (Lipinski definition) is 1. The highest BCUT2D eigenvalue weighted by Crippen LogP contribution is 2.38. The molecule has 2 atom stereocenters. The van der Waals surface area contributed by atoms with E-state index in [0.29, 0.717) is 12.0 Å². The van der Waals surface area contributed by atoms with Crippen molar-refractivity contribution in [3.63, 3.8) is 0 Å². The first-order valence-electron chi connectivity index (χ1n) is 6.24. The van der Waals surface area contributed by atoms with Crippen molar-refractivity contribution < 1.29 is 0 Å². The second kappa shape index (κ2) is 6.14. The molecule has 2 rings (SSSR count). The first kappa shape index (κ1) is 13.3. The third-order valence-electron chi connectivity index (χ3n) is 3.36. The second-order valence-corrected chi connectivity index (χ2v) is 6.37. The Kier molecular flexibility index (Phi) is 4.79. The van der Waals surface area contributed by atoms with Crippen molar-refractivity contribution in [3.05, 3.63) is 15.5 Å². The van der Waals surface area contributed by atoms with Gasteiger partial charge in [-0.1, -0.05) is 18.5 Å². The summed E-state index contributed by atoms with van der Waals surface area (Å²) < 4.78 is 0.792. The van der Waals surface area contributed by atoms with E-state index in [0.717, 1.165) is 24.0 Å². The van der Waals surface area contributed by atoms with E-state index in [2.05, 4.69) is 29.2 Å². The van der Waals surface area contributed by atoms with E-state index >= 15 is 0 Å². The maximum absolute atomic E-state index is 5.98. The van der Waals surface area contributed by atoms with Gasteiger partial charge in [-0.2, -0.15) is 0 Å². The molecule has 1 aliphatic heterocycles. The predicted molar refractivity (Wildman–Crippen MR) is 73.8 cm³/mol. The summed E-state index contributed by atoms with van der Waals surface area (Å²) in [6, 6.07) is 0.442. The molecule has 0 aromatic carbocycles. The first-order chi connectivity index (χ1) is 8.22. The molecule has 0 aliphatic carbocycles. The van der Waals surface area contributed by atoms with Crippen LogP contribution in [0, 0.1) is 5.92 Å². The predicted octanol–water partition coefficient (Wildman–Crippen LogP) is 2.79. The van der Waals surface area contributed by atoms with Crippen molar-refractivity contribution in [3.8, 4) is 0 Å². The van der Waals surface area contributed by atoms with Crippen LogP contribution in [-0.4, -0.2) is 36.6 Å². The molecule has 0 spiro atoms. The van der Waals surface area contributed by atoms with E-state index < -0.39 is 0 Å². The minimum Gasteiger partial charge on any atom is -0.316 e. The van der Waals surface area contributed by atoms with Crippen LogP contribution in [0.5, 0.6) is 0 Å². The van der Waals surface area contributed by atoms with Gasteiger partial charge in [0.25, 0.3) is 0 Å². The quantitative estimate of drug-likeness (QED) is 0.837. The molecule has 17 heavy (non-hydrogen) atoms. The molecule has 1 fully saturated rings. The van der Waals surface area contributed by atoms with Crippen LogP contribution in [0.25, 0.3) is 0 Å². The van der Waals surface area contributed by atoms with Gasteiger partial charge in [-0.15, -0.1) is 11.3 Å². The number of nitrogens with zero attached hydrogens (tertiary/aromatic N) is 2. The fourth-order valence-corrected chi connectivity index (χ4v) is 3.69. The van der Waals surface area contributed by atoms with E-state index in [-0.39, 0.29) is 0 Å². The summed E-state index contributed by atoms with van der Waals surface area (Å²) in [5.74, 6) is 0.661. The summed E-state index contributed by atoms with van der Waals surface area (Å²) in [6.07, 6.45) is 4.20. The summed E-state index contributed by atoms with van der Waals surface area (Å²) in [6.45, 7) is 5.54. The third-order valence-corrected chi connectivity index (χ3v) is 4.54. The fourth-order valence-electron chi connectivity index (χ4n) is 2.50. The van der Waals surface area contributed by atoms with E-state index in [1.807, 2.05) is 0 Å². The first-order valence-corrected chi connectivity index (χ1v) is 7.44. The van der Waals surface area contributed by atoms with Crippen molar-refractivity contribution in [2.75, 3.05) is 26.7 Å². The molecule has 96 valence electrons. The number of halogens is 1. The number of hydrogen-bond acceptors (Lipinski definition) is 4. The summed E-state index contributed by atoms with van der Waals surface area (Å²) in [5.41, 5.74) is 0. The van der Waals surface area contributed by atoms with Gasteiger partial charge < -0.3 is 5.32 Å². The number of aromatic nitrogens is 1. The standard InChI is InChI=1S/C12H20ClN3S/c1-3-5-14-7-9-4-6-16(2)11(9)12-15-8-10(13)17-12/h8-9,11,14H,3-7H2,1-2H3. The lowest BCUT2D eigenvalue weighted by atomic mass is 10.0. The monoisotopic (exact) mass is 273 g/mol. The van der Waals surface area contributed by atoms with E-state index in [4.69, 9.17) is 11.6 Å². The number of likely N-dealkylation sites (tertiary alicyclic amines) is 1. The maximum Gasteiger partial charge on any atom is 0.113 e. The molecule has 0 bridgehead atoms. The van der Waals surface area contributed by atoms with Crippen LogP contribution in [0.1, 0.15) is 30.8 Å². The van der Waals surface area contributed by atoms with E-state index in [1.165, 1.54) is 17.8 Å². The molecule has 1 aromatic heterocycles. The molecule has 0 saturated carbocycles. The molecule has 3 nitrogen and oxygen atoms in total. The highest BCUT2D eigenvalue weighted by molar-refractivity contribution is 7.15. The molecule has 0 amide bonds. The molecule has 2 heterocycles. The summed E-state index contributed by atoms with van der Waals surface area (Å²) in [5, 5.41) is 4.69. The van der Waals surface area contributed by atoms with Crippen molar-refractivity contribution in [1.82, 2.24) is 15.2 Å². The molecule has 1 aliphatic rings. The molecule has 1 N–H and O–H groups in total. The Morgan fingerprint density at radius 1 is 1.65 bits per heavy atom. The number of thiazole rings is 1. The van der Waals surface area contributed by atoms with E-state index in [1.54, 1.807) is 17.5 Å². The Bertz CT molecular complexity index is 355. The van der Waals surface area contributed by atoms with Gasteiger partial charge in [0, 0.05) is 0 Å². The Balaban J connectivity index is 2.01. The van der Waals surface area contributed by atoms with E-state index in [9.17, 15) is 0 Å². The topological polar surface area (TPSA) is 28.2 Å². The molecule has 2 unspecified atom stereocenters. The summed E-state index contributed by atoms with van der Waals surface area (Å²) in [4.78, 5) is 6.84. The molecule has 1 aromatic rings. The molecular weight excluding hydrogens is 254 g/mol. The molecule has 5 heteroatoms. The van der Waals surface area contributed by atoms with Gasteiger partial charge in [0.15, 0.2) is 0 Å². The van der Waals surface area contributed by atoms with Crippen molar-refractivity contribution >= 4 is 22.9 Å². The zero-order valence-corrected chi connectivity index (χ0v) is 12.0. The minimum absolute atomic E-state index is 0.442. The van der Waals surface area contributed by atoms with Crippen LogP contribution in [0.3, 0.4) is 0 Å². The smallest absolute Gasteiger partial charge is 0.113 e. The van der Waals surface area contributed by atoms with Crippen LogP contribution >= 0.6 is 22.9 Å². The summed E-state index contributed by atoms with van der Waals surface area (Å²) >= 11 is 7.60. The molecule has 0 radical (unpaired) electrons. The van der Waals surface area contributed by atoms with Gasteiger partial charge in [-0.3, -0.25) is 4.90 Å². The average molecular weight is 274 g/mol. The highest BCUT2D eigenvalue weighted by Gasteiger charge is 2.34. The van der Waals surface area contributed by atoms with Crippen LogP contribution in [0.4, 0.5) is 0 Å². The highest BCUT2D eigenvalue weighted by atomic mass is 35.5. The van der Waals surface area contributed by atoms with Crippen LogP contribution in [-0.2, 0) is 0 Å². The zero-order valence-electron chi connectivity index (χ0n) is 10.4. The lowest BCUT2D eigenvalue weighted by Crippen LogP contribution is -2.28. The van der Waals surface area contributed by atoms with Gasteiger partial charge in [-0.25, -0.2) is 4.98 Å². The Labute approximate surface area is 112 Å². The third kappa shape index (κ3) is 3.19. The minimum atomic E-state index is 0.442. The largest absolute Gasteiger partial charge is 0.316 e. The molecule has 1 saturated heterocycles. The average Bonchev–Trinajstić information content (AvgIpc) is 2.86. The van der Waals surface area contributed by atoms with Gasteiger partial charge in [0.05, 0.1) is 12.2 Å². The fraction of sp³-hybridized carbons (Fsp3) is 0.750. The van der Waals surface area contributed by atoms with Gasteiger partial charge in [-0.05, 0) is 45.4 Å². The van der Waals surface area contributed by atoms with Crippen molar-refractivity contribution in [1.29, 1.82) is 0 Å². The maximum atomic E-state index is 5.98. The second-order valence-electron chi connectivity index (χ2n) is 4.68. The number of rotatable bonds is 5. The lowest BCUT2D eigenvalue weighted by Gasteiger charge is -2.23. The van der Waals surface area contributed by atoms with Crippen molar-refractivity contribution in [2.45, 2.75) is 25.8 Å². The lowest BCUT2D eigenvalue weighted by molar-refractivity contribution is 0.271. The zero-order chi connectivity index (χ0) is 12.3. The SMILES string of the molecule is CCCNCC1CCN(C)C1c1ncc(Cl)s1. The van der Waals surface area contributed by atoms with Crippen molar-refractivity contribution in [2.24, 2.45) is 5.92 Å². The Morgan fingerprint density at radius 2 is 2.47 bits per heavy atom. The molecular formula is C12H20ClN3S. The van der Waals surface area contributed by atoms with Crippen LogP contribution < -0.4 is 5.32 Å². The Hall–Kier alpha value is -0.160. The van der Waals surface area contributed by atoms with Crippen LogP contribution in [0.15, 0.2) is 6.20 Å². The van der Waals surface area contributed by atoms with Gasteiger partial charge in [0.2, 0.25) is 0 Å². The normalized spacial score (nSPS) is 25.6. The number of nitrogens with one attached hydrogen (secondary N) is 1. The van der Waals surface area contributed by atoms with Gasteiger partial charge >= 0.3 is 0 Å². The summed E-state index contributed by atoms with van der Waals surface area (Å²) in [7, 11) is 2.18. The Morgan fingerprint density at radius 3 is 3.12 bits per heavy atom.